The molecule has 0 aliphatic carbocycles. The van der Waals surface area contributed by atoms with Gasteiger partial charge in [0.1, 0.15) is 11.5 Å². The molecule has 8 nitrogen and oxygen atoms in total. The van der Waals surface area contributed by atoms with E-state index in [0.717, 1.165) is 10.1 Å². The van der Waals surface area contributed by atoms with Crippen LogP contribution in [0.5, 0.6) is 5.75 Å². The molecule has 0 atom stereocenters. The van der Waals surface area contributed by atoms with Gasteiger partial charge in [-0.1, -0.05) is 29.8 Å². The summed E-state index contributed by atoms with van der Waals surface area (Å²) in [5, 5.41) is 0.536. The maximum absolute atomic E-state index is 13.5. The first-order valence-corrected chi connectivity index (χ1v) is 10.6. The molecule has 0 N–H and O–H groups in total. The first kappa shape index (κ1) is 20.8. The van der Waals surface area contributed by atoms with E-state index in [0.29, 0.717) is 34.3 Å². The Morgan fingerprint density at radius 3 is 2.52 bits per heavy atom. The van der Waals surface area contributed by atoms with E-state index in [-0.39, 0.29) is 12.2 Å². The Balaban J connectivity index is 1.76. The van der Waals surface area contributed by atoms with Gasteiger partial charge in [0.2, 0.25) is 0 Å². The molecular weight excluding hydrogens is 444 g/mol. The average Bonchev–Trinajstić information content (AvgIpc) is 3.49. The number of aromatic nitrogens is 4. The van der Waals surface area contributed by atoms with E-state index in [1.54, 1.807) is 54.4 Å². The van der Waals surface area contributed by atoms with Gasteiger partial charge in [0.05, 0.1) is 38.5 Å². The number of halogens is 1. The maximum atomic E-state index is 13.5. The molecule has 166 valence electrons. The quantitative estimate of drug-likeness (QED) is 0.384. The van der Waals surface area contributed by atoms with Crippen LogP contribution in [0.25, 0.3) is 16.9 Å². The average molecular weight is 463 g/mol. The molecule has 3 heterocycles. The summed E-state index contributed by atoms with van der Waals surface area (Å²) in [4.78, 5) is 31.4. The van der Waals surface area contributed by atoms with Crippen LogP contribution in [0.3, 0.4) is 0 Å². The molecule has 0 fully saturated rings. The van der Waals surface area contributed by atoms with Gasteiger partial charge in [0.25, 0.3) is 5.56 Å². The number of fused-ring (bicyclic) bond motifs is 1. The highest BCUT2D eigenvalue weighted by molar-refractivity contribution is 6.30. The third-order valence-electron chi connectivity index (χ3n) is 5.41. The van der Waals surface area contributed by atoms with Crippen molar-refractivity contribution in [2.45, 2.75) is 13.1 Å². The monoisotopic (exact) mass is 462 g/mol. The Kier molecular flexibility index (Phi) is 5.35. The number of imidazole rings is 1. The van der Waals surface area contributed by atoms with Crippen molar-refractivity contribution in [2.75, 3.05) is 7.11 Å². The van der Waals surface area contributed by atoms with Crippen molar-refractivity contribution in [3.63, 3.8) is 0 Å². The molecule has 0 aliphatic rings. The molecule has 0 amide bonds. The number of methoxy groups -OCH3 is 1. The van der Waals surface area contributed by atoms with Crippen molar-refractivity contribution >= 4 is 22.8 Å². The van der Waals surface area contributed by atoms with Crippen LogP contribution in [0.2, 0.25) is 5.02 Å². The van der Waals surface area contributed by atoms with E-state index in [9.17, 15) is 9.59 Å². The zero-order valence-corrected chi connectivity index (χ0v) is 18.4. The van der Waals surface area contributed by atoms with Crippen molar-refractivity contribution in [1.29, 1.82) is 0 Å². The predicted molar refractivity (Wildman–Crippen MR) is 125 cm³/mol. The third-order valence-corrected chi connectivity index (χ3v) is 5.66. The highest BCUT2D eigenvalue weighted by Gasteiger charge is 2.20. The molecule has 0 saturated carbocycles. The predicted octanol–water partition coefficient (Wildman–Crippen LogP) is 3.70. The van der Waals surface area contributed by atoms with E-state index in [1.165, 1.54) is 10.8 Å². The maximum Gasteiger partial charge on any atom is 0.337 e. The minimum Gasteiger partial charge on any atom is -0.496 e. The second-order valence-corrected chi connectivity index (χ2v) is 7.86. The van der Waals surface area contributed by atoms with Crippen LogP contribution in [0.4, 0.5) is 0 Å². The van der Waals surface area contributed by atoms with E-state index in [2.05, 4.69) is 4.98 Å². The molecule has 0 saturated heterocycles. The van der Waals surface area contributed by atoms with Gasteiger partial charge in [-0.05, 0) is 42.5 Å². The minimum atomic E-state index is -0.520. The lowest BCUT2D eigenvalue weighted by atomic mass is 10.2. The summed E-state index contributed by atoms with van der Waals surface area (Å²) in [5.74, 6) is 1.19. The van der Waals surface area contributed by atoms with E-state index in [4.69, 9.17) is 20.8 Å². The zero-order chi connectivity index (χ0) is 22.9. The van der Waals surface area contributed by atoms with Crippen LogP contribution in [-0.2, 0) is 13.1 Å². The molecule has 0 unspecified atom stereocenters. The Morgan fingerprint density at radius 1 is 1.00 bits per heavy atom. The molecule has 3 aromatic heterocycles. The van der Waals surface area contributed by atoms with E-state index in [1.807, 2.05) is 24.3 Å². The number of hydrogen-bond donors (Lipinski definition) is 0. The van der Waals surface area contributed by atoms with E-state index < -0.39 is 11.2 Å². The zero-order valence-electron chi connectivity index (χ0n) is 17.6. The second-order valence-electron chi connectivity index (χ2n) is 7.42. The lowest BCUT2D eigenvalue weighted by Gasteiger charge is -2.13. The van der Waals surface area contributed by atoms with E-state index >= 15 is 0 Å². The molecule has 0 aliphatic heterocycles. The molecule has 0 radical (unpaired) electrons. The topological polar surface area (TPSA) is 84.2 Å². The van der Waals surface area contributed by atoms with Crippen molar-refractivity contribution in [3.05, 3.63) is 110 Å². The second kappa shape index (κ2) is 8.48. The number of hydrogen-bond acceptors (Lipinski definition) is 5. The number of benzene rings is 2. The van der Waals surface area contributed by atoms with Gasteiger partial charge in [-0.25, -0.2) is 14.3 Å². The van der Waals surface area contributed by atoms with Crippen molar-refractivity contribution in [3.8, 4) is 11.4 Å². The van der Waals surface area contributed by atoms with Crippen LogP contribution in [0.1, 0.15) is 11.3 Å². The minimum absolute atomic E-state index is 0.00592. The number of nitrogens with zero attached hydrogens (tertiary/aromatic N) is 4. The van der Waals surface area contributed by atoms with Crippen molar-refractivity contribution in [1.82, 2.24) is 18.7 Å². The van der Waals surface area contributed by atoms with Gasteiger partial charge in [0, 0.05) is 10.6 Å². The van der Waals surface area contributed by atoms with Gasteiger partial charge in [-0.3, -0.25) is 9.36 Å². The molecule has 2 aromatic carbocycles. The van der Waals surface area contributed by atoms with Crippen LogP contribution in [-0.4, -0.2) is 25.8 Å². The number of ether oxygens (including phenoxy) is 1. The summed E-state index contributed by atoms with van der Waals surface area (Å²) < 4.78 is 15.1. The van der Waals surface area contributed by atoms with Gasteiger partial charge < -0.3 is 13.7 Å². The lowest BCUT2D eigenvalue weighted by Crippen LogP contribution is -2.40. The number of rotatable bonds is 6. The highest BCUT2D eigenvalue weighted by atomic mass is 35.5. The fraction of sp³-hybridized carbons (Fsp3) is 0.125. The first-order valence-electron chi connectivity index (χ1n) is 10.2. The highest BCUT2D eigenvalue weighted by Crippen LogP contribution is 2.21. The largest absolute Gasteiger partial charge is 0.496 e. The Morgan fingerprint density at radius 2 is 1.79 bits per heavy atom. The van der Waals surface area contributed by atoms with Gasteiger partial charge in [0.15, 0.2) is 11.2 Å². The molecule has 5 aromatic rings. The molecule has 33 heavy (non-hydrogen) atoms. The summed E-state index contributed by atoms with van der Waals surface area (Å²) in [6.45, 7) is 0.337. The molecule has 0 spiro atoms. The normalized spacial score (nSPS) is 11.2. The molecule has 5 rings (SSSR count). The Bertz CT molecular complexity index is 1550. The Labute approximate surface area is 192 Å². The summed E-state index contributed by atoms with van der Waals surface area (Å²) in [6, 6.07) is 17.8. The standard InChI is InChI=1S/C24H19ClN4O4/c1-32-20-7-3-2-5-16(20)13-27-15-26-22-21(27)23(30)28(14-19-6-4-12-33-19)24(31)29(22)18-10-8-17(25)9-11-18/h2-12,15H,13-14H2,1H3. The lowest BCUT2D eigenvalue weighted by molar-refractivity contribution is 0.408. The molecule has 0 bridgehead atoms. The van der Waals surface area contributed by atoms with Crippen LogP contribution in [0, 0.1) is 0 Å². The van der Waals surface area contributed by atoms with Crippen molar-refractivity contribution < 1.29 is 9.15 Å². The fourth-order valence-corrected chi connectivity index (χ4v) is 3.96. The van der Waals surface area contributed by atoms with Gasteiger partial charge in [-0.2, -0.15) is 0 Å². The Hall–Kier alpha value is -4.04. The first-order chi connectivity index (χ1) is 16.1. The molecule has 9 heteroatoms. The number of furan rings is 1. The van der Waals surface area contributed by atoms with Gasteiger partial charge in [-0.15, -0.1) is 0 Å². The van der Waals surface area contributed by atoms with Crippen LogP contribution in [0.15, 0.2) is 87.3 Å². The van der Waals surface area contributed by atoms with Crippen LogP contribution < -0.4 is 16.0 Å². The number of para-hydroxylation sites is 1. The van der Waals surface area contributed by atoms with Crippen molar-refractivity contribution in [2.24, 2.45) is 0 Å². The van der Waals surface area contributed by atoms with Gasteiger partial charge >= 0.3 is 5.69 Å². The summed E-state index contributed by atoms with van der Waals surface area (Å²) in [5.41, 5.74) is 1.00. The summed E-state index contributed by atoms with van der Waals surface area (Å²) >= 11 is 6.04. The third kappa shape index (κ3) is 3.74. The molecular formula is C24H19ClN4O4. The fourth-order valence-electron chi connectivity index (χ4n) is 3.84. The SMILES string of the molecule is COc1ccccc1Cn1cnc2c1c(=O)n(Cc1ccco1)c(=O)n2-c1ccc(Cl)cc1. The summed E-state index contributed by atoms with van der Waals surface area (Å²) in [6.07, 6.45) is 3.06. The summed E-state index contributed by atoms with van der Waals surface area (Å²) in [7, 11) is 1.60. The smallest absolute Gasteiger partial charge is 0.337 e. The van der Waals surface area contributed by atoms with Crippen LogP contribution >= 0.6 is 11.6 Å².